The summed E-state index contributed by atoms with van der Waals surface area (Å²) in [4.78, 5) is 15.1. The van der Waals surface area contributed by atoms with Crippen LogP contribution in [0, 0.1) is 10.8 Å². The number of nitrogens with one attached hydrogen (secondary N) is 1. The number of carbonyl (C=O) groups is 1. The van der Waals surface area contributed by atoms with Gasteiger partial charge < -0.3 is 10.2 Å². The van der Waals surface area contributed by atoms with Gasteiger partial charge in [-0.1, -0.05) is 27.2 Å². The molecule has 1 saturated carbocycles. The average Bonchev–Trinajstić information content (AvgIpc) is 2.87. The van der Waals surface area contributed by atoms with Crippen LogP contribution in [0.5, 0.6) is 0 Å². The fourth-order valence-electron chi connectivity index (χ4n) is 4.04. The minimum Gasteiger partial charge on any atom is -0.342 e. The molecule has 116 valence electrons. The second kappa shape index (κ2) is 6.05. The van der Waals surface area contributed by atoms with E-state index in [0.717, 1.165) is 32.4 Å². The van der Waals surface area contributed by atoms with Crippen LogP contribution < -0.4 is 5.32 Å². The molecule has 3 heteroatoms. The van der Waals surface area contributed by atoms with Gasteiger partial charge in [0.25, 0.3) is 0 Å². The number of amides is 1. The molecule has 1 amide bonds. The Bertz CT molecular complexity index is 335. The predicted octanol–water partition coefficient (Wildman–Crippen LogP) is 3.19. The van der Waals surface area contributed by atoms with Crippen molar-refractivity contribution >= 4 is 5.91 Å². The normalized spacial score (nSPS) is 30.4. The molecule has 1 heterocycles. The minimum absolute atomic E-state index is 0.115. The summed E-state index contributed by atoms with van der Waals surface area (Å²) >= 11 is 0. The lowest BCUT2D eigenvalue weighted by molar-refractivity contribution is -0.143. The summed E-state index contributed by atoms with van der Waals surface area (Å²) in [6, 6.07) is 0.463. The Balaban J connectivity index is 2.01. The zero-order valence-corrected chi connectivity index (χ0v) is 13.8. The van der Waals surface area contributed by atoms with Gasteiger partial charge in [0.1, 0.15) is 0 Å². The molecule has 1 aliphatic carbocycles. The third-order valence-electron chi connectivity index (χ3n) is 5.60. The molecule has 2 aliphatic rings. The maximum absolute atomic E-state index is 13.0. The van der Waals surface area contributed by atoms with Crippen molar-refractivity contribution in [2.24, 2.45) is 10.8 Å². The largest absolute Gasteiger partial charge is 0.342 e. The molecule has 0 aromatic heterocycles. The highest BCUT2D eigenvalue weighted by Gasteiger charge is 2.43. The van der Waals surface area contributed by atoms with E-state index >= 15 is 0 Å². The summed E-state index contributed by atoms with van der Waals surface area (Å²) in [6.45, 7) is 8.77. The van der Waals surface area contributed by atoms with Crippen LogP contribution in [-0.2, 0) is 4.79 Å². The number of hydrogen-bond acceptors (Lipinski definition) is 2. The average molecular weight is 280 g/mol. The molecule has 2 fully saturated rings. The second-order valence-electron chi connectivity index (χ2n) is 7.77. The van der Waals surface area contributed by atoms with Crippen LogP contribution in [0.3, 0.4) is 0 Å². The molecule has 20 heavy (non-hydrogen) atoms. The third kappa shape index (κ3) is 3.19. The van der Waals surface area contributed by atoms with Crippen molar-refractivity contribution in [3.63, 3.8) is 0 Å². The summed E-state index contributed by atoms with van der Waals surface area (Å²) < 4.78 is 0. The van der Waals surface area contributed by atoms with Gasteiger partial charge in [0, 0.05) is 19.6 Å². The Morgan fingerprint density at radius 1 is 1.25 bits per heavy atom. The van der Waals surface area contributed by atoms with Gasteiger partial charge in [0.2, 0.25) is 5.91 Å². The zero-order chi connectivity index (χ0) is 14.8. The topological polar surface area (TPSA) is 32.3 Å². The fraction of sp³-hybridized carbons (Fsp3) is 0.941. The van der Waals surface area contributed by atoms with E-state index in [1.807, 2.05) is 7.05 Å². The Hall–Kier alpha value is -0.570. The molecule has 0 radical (unpaired) electrons. The van der Waals surface area contributed by atoms with Gasteiger partial charge in [-0.2, -0.15) is 0 Å². The molecule has 2 rings (SSSR count). The van der Waals surface area contributed by atoms with Crippen LogP contribution >= 0.6 is 0 Å². The monoisotopic (exact) mass is 280 g/mol. The van der Waals surface area contributed by atoms with Gasteiger partial charge >= 0.3 is 0 Å². The van der Waals surface area contributed by atoms with E-state index in [4.69, 9.17) is 0 Å². The van der Waals surface area contributed by atoms with Crippen molar-refractivity contribution in [3.8, 4) is 0 Å². The zero-order valence-electron chi connectivity index (χ0n) is 13.8. The second-order valence-corrected chi connectivity index (χ2v) is 7.77. The van der Waals surface area contributed by atoms with Gasteiger partial charge in [0.05, 0.1) is 5.41 Å². The molecule has 3 nitrogen and oxygen atoms in total. The Morgan fingerprint density at radius 3 is 2.40 bits per heavy atom. The van der Waals surface area contributed by atoms with Gasteiger partial charge in [0.15, 0.2) is 0 Å². The van der Waals surface area contributed by atoms with E-state index in [2.05, 4.69) is 31.0 Å². The highest BCUT2D eigenvalue weighted by molar-refractivity contribution is 5.83. The molecular weight excluding hydrogens is 248 g/mol. The highest BCUT2D eigenvalue weighted by atomic mass is 16.2. The molecule has 0 spiro atoms. The van der Waals surface area contributed by atoms with Gasteiger partial charge in [-0.15, -0.1) is 0 Å². The van der Waals surface area contributed by atoms with Crippen molar-refractivity contribution in [2.75, 3.05) is 20.1 Å². The maximum Gasteiger partial charge on any atom is 0.230 e. The molecule has 1 atom stereocenters. The molecular formula is C17H32N2O. The smallest absolute Gasteiger partial charge is 0.230 e. The lowest BCUT2D eigenvalue weighted by Gasteiger charge is -2.41. The first-order chi connectivity index (χ1) is 9.40. The van der Waals surface area contributed by atoms with E-state index in [1.165, 1.54) is 25.7 Å². The van der Waals surface area contributed by atoms with Crippen molar-refractivity contribution < 1.29 is 4.79 Å². The summed E-state index contributed by atoms with van der Waals surface area (Å²) in [7, 11) is 2.04. The molecule has 0 aromatic rings. The van der Waals surface area contributed by atoms with Gasteiger partial charge in [-0.3, -0.25) is 4.79 Å². The van der Waals surface area contributed by atoms with E-state index in [9.17, 15) is 4.79 Å². The summed E-state index contributed by atoms with van der Waals surface area (Å²) in [6.07, 6.45) is 7.97. The van der Waals surface area contributed by atoms with E-state index in [1.54, 1.807) is 0 Å². The Morgan fingerprint density at radius 2 is 1.90 bits per heavy atom. The molecule has 1 saturated heterocycles. The molecule has 0 bridgehead atoms. The van der Waals surface area contributed by atoms with Crippen LogP contribution in [-0.4, -0.2) is 37.0 Å². The lowest BCUT2D eigenvalue weighted by atomic mass is 9.74. The number of carbonyl (C=O) groups excluding carboxylic acids is 1. The molecule has 0 aromatic carbocycles. The minimum atomic E-state index is -0.115. The maximum atomic E-state index is 13.0. The van der Waals surface area contributed by atoms with Crippen molar-refractivity contribution in [1.82, 2.24) is 10.2 Å². The van der Waals surface area contributed by atoms with Crippen molar-refractivity contribution in [1.29, 1.82) is 0 Å². The number of rotatable bonds is 4. The van der Waals surface area contributed by atoms with E-state index in [0.29, 0.717) is 17.4 Å². The molecule has 1 N–H and O–H groups in total. The first kappa shape index (κ1) is 15.8. The van der Waals surface area contributed by atoms with E-state index < -0.39 is 0 Å². The Labute approximate surface area is 124 Å². The quantitative estimate of drug-likeness (QED) is 0.857. The fourth-order valence-corrected chi connectivity index (χ4v) is 4.04. The van der Waals surface area contributed by atoms with Gasteiger partial charge in [-0.25, -0.2) is 0 Å². The van der Waals surface area contributed by atoms with Crippen LogP contribution in [0.1, 0.15) is 65.7 Å². The predicted molar refractivity (Wildman–Crippen MR) is 83.6 cm³/mol. The Kier molecular flexibility index (Phi) is 4.78. The SMILES string of the molecule is CCCC1(C(=O)N(C)C2CCC(C)(C)CC2)CCNC1. The summed E-state index contributed by atoms with van der Waals surface area (Å²) in [5.74, 6) is 0.397. The first-order valence-corrected chi connectivity index (χ1v) is 8.38. The third-order valence-corrected chi connectivity index (χ3v) is 5.60. The number of hydrogen-bond donors (Lipinski definition) is 1. The highest BCUT2D eigenvalue weighted by Crippen LogP contribution is 2.39. The van der Waals surface area contributed by atoms with Crippen LogP contribution in [0.25, 0.3) is 0 Å². The lowest BCUT2D eigenvalue weighted by Crippen LogP contribution is -2.49. The van der Waals surface area contributed by atoms with Crippen molar-refractivity contribution in [3.05, 3.63) is 0 Å². The molecule has 1 aliphatic heterocycles. The van der Waals surface area contributed by atoms with Crippen molar-refractivity contribution in [2.45, 2.75) is 71.8 Å². The summed E-state index contributed by atoms with van der Waals surface area (Å²) in [5.41, 5.74) is 0.354. The van der Waals surface area contributed by atoms with Crippen LogP contribution in [0.2, 0.25) is 0 Å². The molecule has 1 unspecified atom stereocenters. The number of nitrogens with zero attached hydrogens (tertiary/aromatic N) is 1. The standard InChI is InChI=1S/C17H32N2O/c1-5-8-17(11-12-18-13-17)15(20)19(4)14-6-9-16(2,3)10-7-14/h14,18H,5-13H2,1-4H3. The summed E-state index contributed by atoms with van der Waals surface area (Å²) in [5, 5.41) is 3.40. The van der Waals surface area contributed by atoms with Crippen LogP contribution in [0.4, 0.5) is 0 Å². The van der Waals surface area contributed by atoms with Gasteiger partial charge in [-0.05, 0) is 50.5 Å². The van der Waals surface area contributed by atoms with Crippen LogP contribution in [0.15, 0.2) is 0 Å². The first-order valence-electron chi connectivity index (χ1n) is 8.38. The van der Waals surface area contributed by atoms with E-state index in [-0.39, 0.29) is 5.41 Å².